The summed E-state index contributed by atoms with van der Waals surface area (Å²) in [6.07, 6.45) is 1.25. The molecule has 21 heavy (non-hydrogen) atoms. The van der Waals surface area contributed by atoms with Gasteiger partial charge in [0.05, 0.1) is 19.2 Å². The third kappa shape index (κ3) is 3.83. The van der Waals surface area contributed by atoms with Gasteiger partial charge < -0.3 is 15.4 Å². The molecule has 2 atom stereocenters. The molecule has 2 N–H and O–H groups in total. The zero-order chi connectivity index (χ0) is 15.4. The fourth-order valence-corrected chi connectivity index (χ4v) is 2.80. The van der Waals surface area contributed by atoms with Crippen molar-refractivity contribution in [2.45, 2.75) is 45.8 Å². The van der Waals surface area contributed by atoms with E-state index in [9.17, 15) is 4.79 Å². The largest absolute Gasteiger partial charge is 0.370 e. The van der Waals surface area contributed by atoms with Gasteiger partial charge in [-0.25, -0.2) is 0 Å². The number of hydrogen-bond acceptors (Lipinski definition) is 3. The molecule has 1 aromatic rings. The first kappa shape index (κ1) is 16.0. The Morgan fingerprint density at radius 3 is 2.90 bits per heavy atom. The van der Waals surface area contributed by atoms with Gasteiger partial charge in [0.1, 0.15) is 6.10 Å². The molecule has 0 spiro atoms. The highest BCUT2D eigenvalue weighted by Crippen LogP contribution is 2.28. The smallest absolute Gasteiger partial charge is 0.223 e. The van der Waals surface area contributed by atoms with E-state index in [1.54, 1.807) is 0 Å². The minimum Gasteiger partial charge on any atom is -0.370 e. The first-order valence-electron chi connectivity index (χ1n) is 7.71. The van der Waals surface area contributed by atoms with Crippen molar-refractivity contribution < 1.29 is 9.53 Å². The van der Waals surface area contributed by atoms with Gasteiger partial charge in [-0.1, -0.05) is 23.8 Å². The molecular formula is C17H26N2O2. The Balaban J connectivity index is 2.12. The van der Waals surface area contributed by atoms with E-state index >= 15 is 0 Å². The standard InChI is InChI=1S/C17H26N2O2/c1-12-6-7-13(2)15(9-12)16-10-19(14(3)11-21-16)17(20)5-4-8-18/h6-7,9,14,16H,4-5,8,10-11,18H2,1-3H3. The van der Waals surface area contributed by atoms with Crippen LogP contribution in [0.4, 0.5) is 0 Å². The summed E-state index contributed by atoms with van der Waals surface area (Å²) in [5.74, 6) is 0.187. The molecule has 1 fully saturated rings. The number of benzene rings is 1. The van der Waals surface area contributed by atoms with Gasteiger partial charge >= 0.3 is 0 Å². The number of nitrogens with zero attached hydrogens (tertiary/aromatic N) is 1. The Hall–Kier alpha value is -1.39. The second-order valence-electron chi connectivity index (χ2n) is 5.97. The third-order valence-corrected chi connectivity index (χ3v) is 4.13. The molecule has 116 valence electrons. The molecule has 1 saturated heterocycles. The zero-order valence-corrected chi connectivity index (χ0v) is 13.3. The van der Waals surface area contributed by atoms with E-state index in [-0.39, 0.29) is 18.1 Å². The Bertz CT molecular complexity index is 502. The molecule has 2 rings (SSSR count). The predicted molar refractivity (Wildman–Crippen MR) is 84.1 cm³/mol. The van der Waals surface area contributed by atoms with Crippen LogP contribution in [0, 0.1) is 13.8 Å². The minimum atomic E-state index is -0.0251. The number of carbonyl (C=O) groups is 1. The summed E-state index contributed by atoms with van der Waals surface area (Å²) in [5.41, 5.74) is 9.13. The lowest BCUT2D eigenvalue weighted by atomic mass is 9.98. The normalized spacial score (nSPS) is 22.4. The number of carbonyl (C=O) groups excluding carboxylic acids is 1. The average molecular weight is 290 g/mol. The van der Waals surface area contributed by atoms with Crippen LogP contribution in [0.25, 0.3) is 0 Å². The highest BCUT2D eigenvalue weighted by atomic mass is 16.5. The Morgan fingerprint density at radius 1 is 1.43 bits per heavy atom. The monoisotopic (exact) mass is 290 g/mol. The van der Waals surface area contributed by atoms with Gasteiger partial charge in [-0.3, -0.25) is 4.79 Å². The lowest BCUT2D eigenvalue weighted by Gasteiger charge is -2.39. The van der Waals surface area contributed by atoms with Crippen LogP contribution < -0.4 is 5.73 Å². The first-order chi connectivity index (χ1) is 10.0. The number of aryl methyl sites for hydroxylation is 2. The van der Waals surface area contributed by atoms with Crippen LogP contribution in [0.1, 0.15) is 42.6 Å². The van der Waals surface area contributed by atoms with Crippen molar-refractivity contribution in [1.82, 2.24) is 4.90 Å². The van der Waals surface area contributed by atoms with Gasteiger partial charge in [0.2, 0.25) is 5.91 Å². The minimum absolute atomic E-state index is 0.0251. The molecule has 2 unspecified atom stereocenters. The molecule has 1 aliphatic rings. The Kier molecular flexibility index (Phi) is 5.37. The number of hydrogen-bond donors (Lipinski definition) is 1. The predicted octanol–water partition coefficient (Wildman–Crippen LogP) is 2.33. The quantitative estimate of drug-likeness (QED) is 0.926. The summed E-state index contributed by atoms with van der Waals surface area (Å²) in [6.45, 7) is 8.00. The van der Waals surface area contributed by atoms with Gasteiger partial charge in [-0.2, -0.15) is 0 Å². The van der Waals surface area contributed by atoms with Crippen molar-refractivity contribution in [2.24, 2.45) is 5.73 Å². The molecule has 1 aliphatic heterocycles. The van der Waals surface area contributed by atoms with Crippen molar-refractivity contribution in [3.05, 3.63) is 34.9 Å². The Labute approximate surface area is 127 Å². The summed E-state index contributed by atoms with van der Waals surface area (Å²) >= 11 is 0. The molecule has 4 heteroatoms. The van der Waals surface area contributed by atoms with Crippen molar-refractivity contribution >= 4 is 5.91 Å². The summed E-state index contributed by atoms with van der Waals surface area (Å²) in [4.78, 5) is 14.3. The molecule has 0 aromatic heterocycles. The third-order valence-electron chi connectivity index (χ3n) is 4.13. The fourth-order valence-electron chi connectivity index (χ4n) is 2.80. The molecule has 1 amide bonds. The van der Waals surface area contributed by atoms with Gasteiger partial charge in [-0.15, -0.1) is 0 Å². The number of amides is 1. The maximum atomic E-state index is 12.3. The van der Waals surface area contributed by atoms with E-state index in [0.717, 1.165) is 6.42 Å². The van der Waals surface area contributed by atoms with E-state index in [2.05, 4.69) is 32.0 Å². The molecule has 0 radical (unpaired) electrons. The molecule has 0 bridgehead atoms. The number of morpholine rings is 1. The second kappa shape index (κ2) is 7.05. The average Bonchev–Trinajstić information content (AvgIpc) is 2.48. The number of rotatable bonds is 4. The van der Waals surface area contributed by atoms with E-state index < -0.39 is 0 Å². The maximum Gasteiger partial charge on any atom is 0.223 e. The fraction of sp³-hybridized carbons (Fsp3) is 0.588. The van der Waals surface area contributed by atoms with E-state index in [1.165, 1.54) is 16.7 Å². The maximum absolute atomic E-state index is 12.3. The topological polar surface area (TPSA) is 55.6 Å². The Morgan fingerprint density at radius 2 is 2.19 bits per heavy atom. The summed E-state index contributed by atoms with van der Waals surface area (Å²) in [6, 6.07) is 6.52. The van der Waals surface area contributed by atoms with Crippen molar-refractivity contribution in [2.75, 3.05) is 19.7 Å². The lowest BCUT2D eigenvalue weighted by molar-refractivity contribution is -0.144. The van der Waals surface area contributed by atoms with Crippen LogP contribution in [0.15, 0.2) is 18.2 Å². The number of ether oxygens (including phenoxy) is 1. The molecular weight excluding hydrogens is 264 g/mol. The first-order valence-corrected chi connectivity index (χ1v) is 7.71. The van der Waals surface area contributed by atoms with Crippen LogP contribution >= 0.6 is 0 Å². The highest BCUT2D eigenvalue weighted by molar-refractivity contribution is 5.76. The van der Waals surface area contributed by atoms with Crippen molar-refractivity contribution in [3.8, 4) is 0 Å². The van der Waals surface area contributed by atoms with Gasteiger partial charge in [0, 0.05) is 6.42 Å². The van der Waals surface area contributed by atoms with Gasteiger partial charge in [0.15, 0.2) is 0 Å². The molecule has 4 nitrogen and oxygen atoms in total. The number of nitrogens with two attached hydrogens (primary N) is 1. The van der Waals surface area contributed by atoms with Crippen molar-refractivity contribution in [3.63, 3.8) is 0 Å². The van der Waals surface area contributed by atoms with Crippen LogP contribution in [0.5, 0.6) is 0 Å². The summed E-state index contributed by atoms with van der Waals surface area (Å²) in [7, 11) is 0. The SMILES string of the molecule is Cc1ccc(C)c(C2CN(C(=O)CCCN)C(C)CO2)c1. The summed E-state index contributed by atoms with van der Waals surface area (Å²) < 4.78 is 5.98. The molecule has 1 aromatic carbocycles. The second-order valence-corrected chi connectivity index (χ2v) is 5.97. The molecule has 0 saturated carbocycles. The van der Waals surface area contributed by atoms with Crippen LogP contribution in [0.2, 0.25) is 0 Å². The molecule has 0 aliphatic carbocycles. The lowest BCUT2D eigenvalue weighted by Crippen LogP contribution is -2.48. The van der Waals surface area contributed by atoms with Crippen LogP contribution in [-0.4, -0.2) is 36.5 Å². The van der Waals surface area contributed by atoms with Crippen LogP contribution in [0.3, 0.4) is 0 Å². The molecule has 1 heterocycles. The van der Waals surface area contributed by atoms with Crippen molar-refractivity contribution in [1.29, 1.82) is 0 Å². The van der Waals surface area contributed by atoms with E-state index in [4.69, 9.17) is 10.5 Å². The van der Waals surface area contributed by atoms with Crippen LogP contribution in [-0.2, 0) is 9.53 Å². The van der Waals surface area contributed by atoms with E-state index in [1.807, 2.05) is 11.8 Å². The van der Waals surface area contributed by atoms with E-state index in [0.29, 0.717) is 26.1 Å². The van der Waals surface area contributed by atoms with Gasteiger partial charge in [-0.05, 0) is 44.9 Å². The highest BCUT2D eigenvalue weighted by Gasteiger charge is 2.30. The zero-order valence-electron chi connectivity index (χ0n) is 13.3. The van der Waals surface area contributed by atoms with Gasteiger partial charge in [0.25, 0.3) is 0 Å². The summed E-state index contributed by atoms with van der Waals surface area (Å²) in [5, 5.41) is 0.